The second-order valence-corrected chi connectivity index (χ2v) is 4.82. The Hall–Kier alpha value is -0.770. The van der Waals surface area contributed by atoms with Crippen molar-refractivity contribution in [1.29, 1.82) is 0 Å². The van der Waals surface area contributed by atoms with E-state index in [0.29, 0.717) is 6.54 Å². The lowest BCUT2D eigenvalue weighted by Gasteiger charge is -2.36. The quantitative estimate of drug-likeness (QED) is 0.739. The molecular weight excluding hydrogens is 190 g/mol. The lowest BCUT2D eigenvalue weighted by Crippen LogP contribution is -2.46. The SMILES string of the molecule is CN(C)C(=O)NCC1(CN)CCCCC1. The Morgan fingerprint density at radius 3 is 2.40 bits per heavy atom. The van der Waals surface area contributed by atoms with Gasteiger partial charge in [-0.3, -0.25) is 0 Å². The first-order chi connectivity index (χ1) is 7.09. The van der Waals surface area contributed by atoms with Gasteiger partial charge in [0.1, 0.15) is 0 Å². The van der Waals surface area contributed by atoms with Crippen LogP contribution < -0.4 is 11.1 Å². The molecule has 3 N–H and O–H groups in total. The minimum Gasteiger partial charge on any atom is -0.337 e. The molecule has 0 aliphatic heterocycles. The fraction of sp³-hybridized carbons (Fsp3) is 0.909. The summed E-state index contributed by atoms with van der Waals surface area (Å²) in [5, 5.41) is 2.95. The van der Waals surface area contributed by atoms with Crippen LogP contribution in [0, 0.1) is 5.41 Å². The van der Waals surface area contributed by atoms with Crippen molar-refractivity contribution in [2.45, 2.75) is 32.1 Å². The zero-order valence-electron chi connectivity index (χ0n) is 9.88. The molecule has 0 heterocycles. The third-order valence-electron chi connectivity index (χ3n) is 3.37. The minimum atomic E-state index is -0.0200. The first-order valence-electron chi connectivity index (χ1n) is 5.75. The monoisotopic (exact) mass is 213 g/mol. The molecule has 1 saturated carbocycles. The molecule has 0 unspecified atom stereocenters. The number of amides is 2. The highest BCUT2D eigenvalue weighted by Crippen LogP contribution is 2.34. The molecule has 0 aromatic heterocycles. The van der Waals surface area contributed by atoms with Crippen molar-refractivity contribution in [2.75, 3.05) is 27.2 Å². The number of hydrogen-bond acceptors (Lipinski definition) is 2. The number of urea groups is 1. The van der Waals surface area contributed by atoms with E-state index in [2.05, 4.69) is 5.32 Å². The lowest BCUT2D eigenvalue weighted by molar-refractivity contribution is 0.178. The summed E-state index contributed by atoms with van der Waals surface area (Å²) < 4.78 is 0. The number of hydrogen-bond donors (Lipinski definition) is 2. The van der Waals surface area contributed by atoms with Crippen LogP contribution in [0.15, 0.2) is 0 Å². The fourth-order valence-electron chi connectivity index (χ4n) is 2.18. The van der Waals surface area contributed by atoms with Crippen molar-refractivity contribution in [3.05, 3.63) is 0 Å². The van der Waals surface area contributed by atoms with Crippen molar-refractivity contribution in [2.24, 2.45) is 11.1 Å². The van der Waals surface area contributed by atoms with Crippen molar-refractivity contribution in [1.82, 2.24) is 10.2 Å². The van der Waals surface area contributed by atoms with Gasteiger partial charge in [0, 0.05) is 26.1 Å². The molecule has 1 aliphatic rings. The van der Waals surface area contributed by atoms with Crippen LogP contribution in [0.5, 0.6) is 0 Å². The molecule has 0 saturated heterocycles. The van der Waals surface area contributed by atoms with E-state index in [1.54, 1.807) is 19.0 Å². The molecule has 0 radical (unpaired) electrons. The summed E-state index contributed by atoms with van der Waals surface area (Å²) in [5.41, 5.74) is 5.99. The van der Waals surface area contributed by atoms with E-state index in [1.807, 2.05) is 0 Å². The maximum Gasteiger partial charge on any atom is 0.316 e. The van der Waals surface area contributed by atoms with E-state index < -0.39 is 0 Å². The van der Waals surface area contributed by atoms with Gasteiger partial charge in [0.05, 0.1) is 0 Å². The van der Waals surface area contributed by atoms with Crippen LogP contribution in [0.1, 0.15) is 32.1 Å². The Labute approximate surface area is 92.2 Å². The lowest BCUT2D eigenvalue weighted by atomic mass is 9.74. The Morgan fingerprint density at radius 1 is 1.33 bits per heavy atom. The number of nitrogens with two attached hydrogens (primary N) is 1. The van der Waals surface area contributed by atoms with Gasteiger partial charge >= 0.3 is 6.03 Å². The molecule has 4 heteroatoms. The van der Waals surface area contributed by atoms with Gasteiger partial charge in [0.2, 0.25) is 0 Å². The summed E-state index contributed by atoms with van der Waals surface area (Å²) in [4.78, 5) is 13.0. The predicted octanol–water partition coefficient (Wildman–Crippen LogP) is 1.17. The number of rotatable bonds is 3. The Balaban J connectivity index is 2.42. The largest absolute Gasteiger partial charge is 0.337 e. The van der Waals surface area contributed by atoms with Crippen molar-refractivity contribution >= 4 is 6.03 Å². The van der Waals surface area contributed by atoms with Crippen LogP contribution >= 0.6 is 0 Å². The first-order valence-corrected chi connectivity index (χ1v) is 5.75. The van der Waals surface area contributed by atoms with E-state index in [-0.39, 0.29) is 11.4 Å². The summed E-state index contributed by atoms with van der Waals surface area (Å²) in [6, 6.07) is -0.0200. The minimum absolute atomic E-state index is 0.0200. The van der Waals surface area contributed by atoms with E-state index >= 15 is 0 Å². The van der Waals surface area contributed by atoms with Gasteiger partial charge in [0.25, 0.3) is 0 Å². The molecule has 88 valence electrons. The normalized spacial score (nSPS) is 19.7. The van der Waals surface area contributed by atoms with Crippen LogP contribution in [0.3, 0.4) is 0 Å². The summed E-state index contributed by atoms with van der Waals surface area (Å²) in [7, 11) is 3.51. The number of nitrogens with one attached hydrogen (secondary N) is 1. The van der Waals surface area contributed by atoms with Gasteiger partial charge in [-0.25, -0.2) is 4.79 Å². The van der Waals surface area contributed by atoms with Crippen LogP contribution in [0.2, 0.25) is 0 Å². The molecular formula is C11H23N3O. The number of carbonyl (C=O) groups is 1. The van der Waals surface area contributed by atoms with E-state index in [9.17, 15) is 4.79 Å². The zero-order valence-corrected chi connectivity index (χ0v) is 9.88. The van der Waals surface area contributed by atoms with Crippen molar-refractivity contribution < 1.29 is 4.79 Å². The molecule has 0 aromatic carbocycles. The third-order valence-corrected chi connectivity index (χ3v) is 3.37. The molecule has 1 fully saturated rings. The van der Waals surface area contributed by atoms with E-state index in [4.69, 9.17) is 5.73 Å². The van der Waals surface area contributed by atoms with Gasteiger partial charge in [-0.15, -0.1) is 0 Å². The van der Waals surface area contributed by atoms with Crippen LogP contribution in [0.4, 0.5) is 4.79 Å². The average molecular weight is 213 g/mol. The van der Waals surface area contributed by atoms with Gasteiger partial charge in [-0.1, -0.05) is 19.3 Å². The maximum atomic E-state index is 11.4. The summed E-state index contributed by atoms with van der Waals surface area (Å²) in [6.07, 6.45) is 6.10. The molecule has 0 atom stereocenters. The summed E-state index contributed by atoms with van der Waals surface area (Å²) >= 11 is 0. The highest BCUT2D eigenvalue weighted by atomic mass is 16.2. The first kappa shape index (κ1) is 12.3. The highest BCUT2D eigenvalue weighted by molar-refractivity contribution is 5.73. The van der Waals surface area contributed by atoms with E-state index in [0.717, 1.165) is 19.4 Å². The zero-order chi connectivity index (χ0) is 11.3. The highest BCUT2D eigenvalue weighted by Gasteiger charge is 2.30. The number of carbonyl (C=O) groups excluding carboxylic acids is 1. The molecule has 0 aromatic rings. The predicted molar refractivity (Wildman–Crippen MR) is 61.7 cm³/mol. The Kier molecular flexibility index (Phi) is 4.39. The van der Waals surface area contributed by atoms with Gasteiger partial charge < -0.3 is 16.0 Å². The Bertz CT molecular complexity index is 210. The number of nitrogens with zero attached hydrogens (tertiary/aromatic N) is 1. The van der Waals surface area contributed by atoms with Crippen molar-refractivity contribution in [3.63, 3.8) is 0 Å². The van der Waals surface area contributed by atoms with Gasteiger partial charge in [-0.05, 0) is 19.4 Å². The molecule has 0 bridgehead atoms. The molecule has 0 spiro atoms. The molecule has 1 rings (SSSR count). The van der Waals surface area contributed by atoms with Crippen molar-refractivity contribution in [3.8, 4) is 0 Å². The summed E-state index contributed by atoms with van der Waals surface area (Å²) in [6.45, 7) is 1.40. The van der Waals surface area contributed by atoms with Gasteiger partial charge in [-0.2, -0.15) is 0 Å². The van der Waals surface area contributed by atoms with Crippen LogP contribution in [-0.2, 0) is 0 Å². The molecule has 2 amide bonds. The topological polar surface area (TPSA) is 58.4 Å². The standard InChI is InChI=1S/C11H23N3O/c1-14(2)10(15)13-9-11(8-12)6-4-3-5-7-11/h3-9,12H2,1-2H3,(H,13,15). The molecule has 4 nitrogen and oxygen atoms in total. The smallest absolute Gasteiger partial charge is 0.316 e. The second kappa shape index (κ2) is 5.35. The molecule has 15 heavy (non-hydrogen) atoms. The van der Waals surface area contributed by atoms with Crippen LogP contribution in [-0.4, -0.2) is 38.1 Å². The average Bonchev–Trinajstić information content (AvgIpc) is 2.27. The fourth-order valence-corrected chi connectivity index (χ4v) is 2.18. The Morgan fingerprint density at radius 2 is 1.93 bits per heavy atom. The summed E-state index contributed by atoms with van der Waals surface area (Å²) in [5.74, 6) is 0. The van der Waals surface area contributed by atoms with E-state index in [1.165, 1.54) is 19.3 Å². The third kappa shape index (κ3) is 3.38. The second-order valence-electron chi connectivity index (χ2n) is 4.82. The molecule has 1 aliphatic carbocycles. The maximum absolute atomic E-state index is 11.4. The van der Waals surface area contributed by atoms with Gasteiger partial charge in [0.15, 0.2) is 0 Å². The van der Waals surface area contributed by atoms with Crippen LogP contribution in [0.25, 0.3) is 0 Å².